The van der Waals surface area contributed by atoms with Crippen LogP contribution in [0.3, 0.4) is 0 Å². The molecule has 0 saturated carbocycles. The highest BCUT2D eigenvalue weighted by atomic mass is 35.5. The highest BCUT2D eigenvalue weighted by Crippen LogP contribution is 2.24. The molecule has 1 aliphatic heterocycles. The van der Waals surface area contributed by atoms with E-state index in [-0.39, 0.29) is 11.9 Å². The first-order valence-electron chi connectivity index (χ1n) is 6.52. The lowest BCUT2D eigenvalue weighted by Crippen LogP contribution is -2.40. The van der Waals surface area contributed by atoms with E-state index < -0.39 is 0 Å². The molecule has 1 fully saturated rings. The van der Waals surface area contributed by atoms with Gasteiger partial charge in [-0.05, 0) is 37.8 Å². The first-order chi connectivity index (χ1) is 9.09. The predicted octanol–water partition coefficient (Wildman–Crippen LogP) is 2.47. The van der Waals surface area contributed by atoms with Gasteiger partial charge in [0.25, 0.3) is 5.91 Å². The van der Waals surface area contributed by atoms with Crippen molar-refractivity contribution in [1.29, 1.82) is 0 Å². The molecule has 1 aromatic rings. The summed E-state index contributed by atoms with van der Waals surface area (Å²) in [5.74, 6) is 0.286. The zero-order valence-corrected chi connectivity index (χ0v) is 11.7. The van der Waals surface area contributed by atoms with E-state index in [1.54, 1.807) is 18.2 Å². The summed E-state index contributed by atoms with van der Waals surface area (Å²) >= 11 is 6.05. The molecule has 1 aromatic carbocycles. The second kappa shape index (κ2) is 6.26. The summed E-state index contributed by atoms with van der Waals surface area (Å²) in [7, 11) is 0. The predicted molar refractivity (Wildman–Crippen MR) is 76.3 cm³/mol. The summed E-state index contributed by atoms with van der Waals surface area (Å²) in [6.45, 7) is 3.56. The number of benzene rings is 1. The molecule has 4 nitrogen and oxygen atoms in total. The third kappa shape index (κ3) is 3.39. The largest absolute Gasteiger partial charge is 0.398 e. The van der Waals surface area contributed by atoms with Gasteiger partial charge in [0.2, 0.25) is 0 Å². The van der Waals surface area contributed by atoms with Crippen LogP contribution in [0.25, 0.3) is 0 Å². The Balaban J connectivity index is 2.02. The van der Waals surface area contributed by atoms with Gasteiger partial charge in [0.05, 0.1) is 16.3 Å². The second-order valence-corrected chi connectivity index (χ2v) is 5.30. The average Bonchev–Trinajstić information content (AvgIpc) is 2.42. The first-order valence-corrected chi connectivity index (χ1v) is 6.90. The van der Waals surface area contributed by atoms with Crippen molar-refractivity contribution in [3.05, 3.63) is 28.8 Å². The molecule has 1 aliphatic rings. The fourth-order valence-corrected chi connectivity index (χ4v) is 2.56. The maximum absolute atomic E-state index is 12.2. The van der Waals surface area contributed by atoms with Crippen LogP contribution >= 0.6 is 11.6 Å². The highest BCUT2D eigenvalue weighted by molar-refractivity contribution is 6.36. The van der Waals surface area contributed by atoms with Crippen LogP contribution in [-0.2, 0) is 4.74 Å². The van der Waals surface area contributed by atoms with Gasteiger partial charge in [-0.25, -0.2) is 0 Å². The molecule has 1 saturated heterocycles. The van der Waals surface area contributed by atoms with Crippen LogP contribution in [0.4, 0.5) is 5.69 Å². The van der Waals surface area contributed by atoms with E-state index in [1.807, 2.05) is 6.92 Å². The number of halogens is 1. The Morgan fingerprint density at radius 1 is 1.47 bits per heavy atom. The summed E-state index contributed by atoms with van der Waals surface area (Å²) in [6, 6.07) is 5.20. The van der Waals surface area contributed by atoms with Gasteiger partial charge in [-0.15, -0.1) is 0 Å². The van der Waals surface area contributed by atoms with Crippen molar-refractivity contribution < 1.29 is 9.53 Å². The van der Waals surface area contributed by atoms with Crippen LogP contribution in [0.5, 0.6) is 0 Å². The van der Waals surface area contributed by atoms with E-state index in [0.29, 0.717) is 22.2 Å². The van der Waals surface area contributed by atoms with Gasteiger partial charge in [-0.2, -0.15) is 0 Å². The summed E-state index contributed by atoms with van der Waals surface area (Å²) in [5.41, 5.74) is 6.56. The minimum atomic E-state index is -0.170. The summed E-state index contributed by atoms with van der Waals surface area (Å²) < 4.78 is 5.32. The number of anilines is 1. The van der Waals surface area contributed by atoms with Gasteiger partial charge >= 0.3 is 0 Å². The molecule has 104 valence electrons. The average molecular weight is 283 g/mol. The fourth-order valence-electron chi connectivity index (χ4n) is 2.34. The summed E-state index contributed by atoms with van der Waals surface area (Å²) in [6.07, 6.45) is 1.96. The number of rotatable bonds is 3. The molecule has 3 N–H and O–H groups in total. The lowest BCUT2D eigenvalue weighted by Gasteiger charge is -2.28. The SMILES string of the molecule is CC(NC(=O)c1cccc(N)c1Cl)C1CCOCC1. The molecule has 19 heavy (non-hydrogen) atoms. The van der Waals surface area contributed by atoms with Crippen LogP contribution in [0, 0.1) is 5.92 Å². The van der Waals surface area contributed by atoms with Crippen LogP contribution in [-0.4, -0.2) is 25.2 Å². The Labute approximate surface area is 118 Å². The van der Waals surface area contributed by atoms with Gasteiger partial charge in [0.1, 0.15) is 0 Å². The van der Waals surface area contributed by atoms with Crippen molar-refractivity contribution in [2.45, 2.75) is 25.8 Å². The lowest BCUT2D eigenvalue weighted by atomic mass is 9.93. The van der Waals surface area contributed by atoms with Crippen molar-refractivity contribution in [2.24, 2.45) is 5.92 Å². The lowest BCUT2D eigenvalue weighted by molar-refractivity contribution is 0.0538. The quantitative estimate of drug-likeness (QED) is 0.837. The minimum Gasteiger partial charge on any atom is -0.398 e. The van der Waals surface area contributed by atoms with Crippen molar-refractivity contribution in [1.82, 2.24) is 5.32 Å². The van der Waals surface area contributed by atoms with Gasteiger partial charge in [0.15, 0.2) is 0 Å². The molecule has 0 aliphatic carbocycles. The van der Waals surface area contributed by atoms with E-state index in [4.69, 9.17) is 22.1 Å². The van der Waals surface area contributed by atoms with E-state index in [9.17, 15) is 4.79 Å². The monoisotopic (exact) mass is 282 g/mol. The van der Waals surface area contributed by atoms with Gasteiger partial charge in [-0.3, -0.25) is 4.79 Å². The zero-order valence-electron chi connectivity index (χ0n) is 11.0. The number of hydrogen-bond donors (Lipinski definition) is 2. The van der Waals surface area contributed by atoms with Crippen molar-refractivity contribution in [2.75, 3.05) is 18.9 Å². The van der Waals surface area contributed by atoms with E-state index in [2.05, 4.69) is 5.32 Å². The Morgan fingerprint density at radius 2 is 2.16 bits per heavy atom. The maximum Gasteiger partial charge on any atom is 0.253 e. The Bertz CT molecular complexity index is 459. The normalized spacial score (nSPS) is 18.0. The maximum atomic E-state index is 12.2. The minimum absolute atomic E-state index is 0.105. The molecule has 0 bridgehead atoms. The van der Waals surface area contributed by atoms with E-state index in [1.165, 1.54) is 0 Å². The molecule has 5 heteroatoms. The molecule has 0 spiro atoms. The third-order valence-electron chi connectivity index (χ3n) is 3.61. The molecule has 2 rings (SSSR count). The number of nitrogens with one attached hydrogen (secondary N) is 1. The molecule has 1 amide bonds. The molecule has 1 heterocycles. The Kier molecular flexibility index (Phi) is 4.66. The van der Waals surface area contributed by atoms with Crippen LogP contribution < -0.4 is 11.1 Å². The van der Waals surface area contributed by atoms with E-state index in [0.717, 1.165) is 26.1 Å². The van der Waals surface area contributed by atoms with Crippen molar-refractivity contribution >= 4 is 23.2 Å². The molecule has 0 aromatic heterocycles. The van der Waals surface area contributed by atoms with E-state index >= 15 is 0 Å². The van der Waals surface area contributed by atoms with Gasteiger partial charge in [0, 0.05) is 19.3 Å². The van der Waals surface area contributed by atoms with Crippen molar-refractivity contribution in [3.63, 3.8) is 0 Å². The second-order valence-electron chi connectivity index (χ2n) is 4.92. The number of nitrogens with two attached hydrogens (primary N) is 1. The van der Waals surface area contributed by atoms with Crippen LogP contribution in [0.15, 0.2) is 18.2 Å². The highest BCUT2D eigenvalue weighted by Gasteiger charge is 2.23. The van der Waals surface area contributed by atoms with Crippen LogP contribution in [0.2, 0.25) is 5.02 Å². The summed E-state index contributed by atoms with van der Waals surface area (Å²) in [5, 5.41) is 3.32. The summed E-state index contributed by atoms with van der Waals surface area (Å²) in [4.78, 5) is 12.2. The van der Waals surface area contributed by atoms with Gasteiger partial charge in [-0.1, -0.05) is 17.7 Å². The molecule has 1 atom stereocenters. The smallest absolute Gasteiger partial charge is 0.253 e. The number of nitrogen functional groups attached to an aromatic ring is 1. The van der Waals surface area contributed by atoms with Gasteiger partial charge < -0.3 is 15.8 Å². The molecular weight excluding hydrogens is 264 g/mol. The number of ether oxygens (including phenoxy) is 1. The van der Waals surface area contributed by atoms with Crippen molar-refractivity contribution in [3.8, 4) is 0 Å². The number of carbonyl (C=O) groups excluding carboxylic acids is 1. The Morgan fingerprint density at radius 3 is 2.84 bits per heavy atom. The first kappa shape index (κ1) is 14.2. The number of amides is 1. The number of carbonyl (C=O) groups is 1. The topological polar surface area (TPSA) is 64.4 Å². The van der Waals surface area contributed by atoms with Crippen LogP contribution in [0.1, 0.15) is 30.1 Å². The fraction of sp³-hybridized carbons (Fsp3) is 0.500. The standard InChI is InChI=1S/C14H19ClN2O2/c1-9(10-5-7-19-8-6-10)17-14(18)11-3-2-4-12(16)13(11)15/h2-4,9-10H,5-8,16H2,1H3,(H,17,18). The third-order valence-corrected chi connectivity index (χ3v) is 4.03. The molecule has 1 unspecified atom stereocenters. The molecular formula is C14H19ClN2O2. The number of hydrogen-bond acceptors (Lipinski definition) is 3. The Hall–Kier alpha value is -1.26. The molecule has 0 radical (unpaired) electrons. The zero-order chi connectivity index (χ0) is 13.8.